The average Bonchev–Trinajstić information content (AvgIpc) is 2.85. The number of ether oxygens (including phenoxy) is 2. The van der Waals surface area contributed by atoms with E-state index in [4.69, 9.17) is 9.47 Å². The molecule has 0 aromatic rings. The Hall–Kier alpha value is -2.49. The van der Waals surface area contributed by atoms with Crippen LogP contribution in [0.4, 0.5) is 0 Å². The largest absolute Gasteiger partial charge is 2.00 e. The number of amides is 2. The predicted molar refractivity (Wildman–Crippen MR) is 139 cm³/mol. The van der Waals surface area contributed by atoms with Crippen molar-refractivity contribution in [3.8, 4) is 0 Å². The second-order valence-electron chi connectivity index (χ2n) is 10.4. The Morgan fingerprint density at radius 2 is 0.976 bits per heavy atom. The van der Waals surface area contributed by atoms with Crippen molar-refractivity contribution in [1.82, 2.24) is 10.6 Å². The molecule has 2 N–H and O–H groups in total. The molecule has 6 atom stereocenters. The number of hydrogen-bond acceptors (Lipinski definition) is 10. The van der Waals surface area contributed by atoms with E-state index in [0.717, 1.165) is 64.2 Å². The van der Waals surface area contributed by atoms with Crippen LogP contribution in [0.1, 0.15) is 105 Å². The third-order valence-electron chi connectivity index (χ3n) is 7.04. The normalized spacial score (nSPS) is 22.0. The topological polar surface area (TPSA) is 191 Å². The molecule has 2 heterocycles. The summed E-state index contributed by atoms with van der Waals surface area (Å²) in [6.45, 7) is 7.31. The van der Waals surface area contributed by atoms with Crippen LogP contribution in [-0.2, 0) is 59.3 Å². The first-order valence-electron chi connectivity index (χ1n) is 14.4. The quantitative estimate of drug-likeness (QED) is 0.111. The zero-order chi connectivity index (χ0) is 30.2. The van der Waals surface area contributed by atoms with Gasteiger partial charge in [0.2, 0.25) is 11.8 Å². The van der Waals surface area contributed by atoms with E-state index < -0.39 is 59.9 Å². The number of carbonyl (C=O) groups is 6. The van der Waals surface area contributed by atoms with E-state index in [2.05, 4.69) is 24.5 Å². The van der Waals surface area contributed by atoms with Gasteiger partial charge >= 0.3 is 33.0 Å². The first-order chi connectivity index (χ1) is 18.9. The molecule has 0 spiro atoms. The van der Waals surface area contributed by atoms with Crippen molar-refractivity contribution in [2.45, 2.75) is 129 Å². The van der Waals surface area contributed by atoms with Gasteiger partial charge in [0.25, 0.3) is 0 Å². The zero-order valence-corrected chi connectivity index (χ0v) is 26.6. The van der Waals surface area contributed by atoms with Gasteiger partial charge in [-0.05, 0) is 26.7 Å². The van der Waals surface area contributed by atoms with E-state index in [1.54, 1.807) is 0 Å². The number of aliphatic carboxylic acids is 2. The smallest absolute Gasteiger partial charge is 0.548 e. The molecule has 41 heavy (non-hydrogen) atoms. The minimum Gasteiger partial charge on any atom is -0.548 e. The van der Waals surface area contributed by atoms with Crippen LogP contribution in [0, 0.1) is 11.8 Å². The molecule has 2 rings (SSSR count). The van der Waals surface area contributed by atoms with Crippen molar-refractivity contribution in [2.75, 3.05) is 0 Å². The van der Waals surface area contributed by atoms with Crippen molar-refractivity contribution in [3.05, 3.63) is 0 Å². The summed E-state index contributed by atoms with van der Waals surface area (Å²) in [5, 5.41) is 25.9. The molecule has 0 unspecified atom stereocenters. The molecule has 236 valence electrons. The maximum absolute atomic E-state index is 11.6. The molecule has 12 nitrogen and oxygen atoms in total. The van der Waals surface area contributed by atoms with Gasteiger partial charge in [-0.25, -0.2) is 0 Å². The molecule has 2 aliphatic rings. The molecule has 0 aromatic carbocycles. The Kier molecular flexibility index (Phi) is 19.2. The number of β-lactam (4-membered cyclic amide) rings is 2. The van der Waals surface area contributed by atoms with Crippen LogP contribution in [0.25, 0.3) is 0 Å². The summed E-state index contributed by atoms with van der Waals surface area (Å²) < 4.78 is 10.2. The van der Waals surface area contributed by atoms with Crippen LogP contribution in [0.2, 0.25) is 0 Å². The Morgan fingerprint density at radius 1 is 0.659 bits per heavy atom. The van der Waals surface area contributed by atoms with Crippen LogP contribution in [0.15, 0.2) is 0 Å². The predicted octanol–water partition coefficient (Wildman–Crippen LogP) is 0.284. The van der Waals surface area contributed by atoms with Gasteiger partial charge in [0.15, 0.2) is 0 Å². The van der Waals surface area contributed by atoms with E-state index in [-0.39, 0.29) is 33.0 Å². The molecule has 13 heteroatoms. The van der Waals surface area contributed by atoms with Gasteiger partial charge in [0.1, 0.15) is 24.0 Å². The molecular weight excluding hydrogens is 719 g/mol. The van der Waals surface area contributed by atoms with Crippen LogP contribution >= 0.6 is 0 Å². The molecule has 0 aromatic heterocycles. The summed E-state index contributed by atoms with van der Waals surface area (Å²) in [4.78, 5) is 67.3. The minimum absolute atomic E-state index is 0. The minimum atomic E-state index is -1.35. The first kappa shape index (κ1) is 38.5. The van der Waals surface area contributed by atoms with Crippen LogP contribution < -0.4 is 20.8 Å². The van der Waals surface area contributed by atoms with Crippen molar-refractivity contribution in [2.24, 2.45) is 11.8 Å². The average molecular weight is 764 g/mol. The Bertz CT molecular complexity index is 814. The van der Waals surface area contributed by atoms with Crippen LogP contribution in [-0.4, -0.2) is 60.0 Å². The summed E-state index contributed by atoms with van der Waals surface area (Å²) in [6, 6.07) is -2.12. The fraction of sp³-hybridized carbons (Fsp3) is 0.786. The van der Waals surface area contributed by atoms with E-state index in [0.29, 0.717) is 12.8 Å². The van der Waals surface area contributed by atoms with E-state index >= 15 is 0 Å². The second-order valence-corrected chi connectivity index (χ2v) is 10.4. The van der Waals surface area contributed by atoms with Gasteiger partial charge in [-0.15, -0.1) is 0 Å². The van der Waals surface area contributed by atoms with Crippen molar-refractivity contribution in [1.29, 1.82) is 0 Å². The summed E-state index contributed by atoms with van der Waals surface area (Å²) in [7, 11) is 0. The molecular formula is C28H44N2O10Pt. The van der Waals surface area contributed by atoms with E-state index in [1.807, 2.05) is 0 Å². The van der Waals surface area contributed by atoms with Gasteiger partial charge < -0.3 is 39.9 Å². The SMILES string of the molecule is CCCCCCCC(=O)O[C@H](C)[C@H]1C(=O)N[C@@H]1C(=O)[O-].CCCCCCCC(=O)O[C@H](C)[C@H]1C(=O)N[C@@H]1C(=O)[O-].[Pt+2]. The fourth-order valence-electron chi connectivity index (χ4n) is 4.59. The number of hydrogen-bond donors (Lipinski definition) is 2. The summed E-state index contributed by atoms with van der Waals surface area (Å²) in [5.74, 6) is -5.98. The summed E-state index contributed by atoms with van der Waals surface area (Å²) >= 11 is 0. The number of rotatable bonds is 18. The third kappa shape index (κ3) is 13.4. The van der Waals surface area contributed by atoms with Crippen molar-refractivity contribution >= 4 is 35.7 Å². The molecule has 0 saturated carbocycles. The third-order valence-corrected chi connectivity index (χ3v) is 7.04. The number of nitrogens with one attached hydrogen (secondary N) is 2. The first-order valence-corrected chi connectivity index (χ1v) is 14.4. The Balaban J connectivity index is 0.000000762. The maximum atomic E-state index is 11.6. The summed E-state index contributed by atoms with van der Waals surface area (Å²) in [5.41, 5.74) is 0. The molecule has 2 saturated heterocycles. The molecule has 2 aliphatic heterocycles. The van der Waals surface area contributed by atoms with Gasteiger partial charge in [-0.3, -0.25) is 19.2 Å². The van der Waals surface area contributed by atoms with Crippen molar-refractivity contribution < 1.29 is 69.5 Å². The van der Waals surface area contributed by atoms with Gasteiger partial charge in [-0.2, -0.15) is 0 Å². The van der Waals surface area contributed by atoms with E-state index in [9.17, 15) is 39.0 Å². The van der Waals surface area contributed by atoms with Crippen LogP contribution in [0.3, 0.4) is 0 Å². The zero-order valence-electron chi connectivity index (χ0n) is 24.3. The summed E-state index contributed by atoms with van der Waals surface area (Å²) in [6.07, 6.45) is 9.37. The number of esters is 2. The monoisotopic (exact) mass is 763 g/mol. The Morgan fingerprint density at radius 3 is 1.24 bits per heavy atom. The standard InChI is InChI=1S/2C14H23NO5.Pt/c2*1-3-4-5-6-7-8-10(16)20-9(2)11-12(14(18)19)15-13(11)17;/h2*9,11-12H,3-8H2,1-2H3,(H,15,17)(H,18,19);/q;;+2/p-2/t2*9-,11-,12+;/m11./s1. The van der Waals surface area contributed by atoms with Crippen LogP contribution in [0.5, 0.6) is 0 Å². The molecule has 0 bridgehead atoms. The second kappa shape index (κ2) is 20.4. The maximum Gasteiger partial charge on any atom is 2.00 e. The number of carboxylic acids is 2. The van der Waals surface area contributed by atoms with Crippen molar-refractivity contribution in [3.63, 3.8) is 0 Å². The number of carboxylic acid groups (broad SMARTS) is 2. The fourth-order valence-corrected chi connectivity index (χ4v) is 4.59. The van der Waals surface area contributed by atoms with Gasteiger partial charge in [0.05, 0.1) is 24.0 Å². The molecule has 0 aliphatic carbocycles. The molecule has 2 fully saturated rings. The Labute approximate surface area is 256 Å². The van der Waals surface area contributed by atoms with E-state index in [1.165, 1.54) is 13.8 Å². The van der Waals surface area contributed by atoms with Gasteiger partial charge in [0, 0.05) is 12.8 Å². The molecule has 2 amide bonds. The number of unbranched alkanes of at least 4 members (excludes halogenated alkanes) is 8. The van der Waals surface area contributed by atoms with Gasteiger partial charge in [-0.1, -0.05) is 65.2 Å². The number of carbonyl (C=O) groups excluding carboxylic acids is 6. The molecule has 0 radical (unpaired) electrons.